The van der Waals surface area contributed by atoms with Crippen LogP contribution in [0.3, 0.4) is 0 Å². The summed E-state index contributed by atoms with van der Waals surface area (Å²) < 4.78 is 33.1. The van der Waals surface area contributed by atoms with Crippen LogP contribution in [0.5, 0.6) is 0 Å². The fourth-order valence-electron chi connectivity index (χ4n) is 2.72. The Kier molecular flexibility index (Phi) is 6.34. The van der Waals surface area contributed by atoms with Crippen molar-refractivity contribution >= 4 is 49.1 Å². The van der Waals surface area contributed by atoms with Gasteiger partial charge in [-0.1, -0.05) is 37.6 Å². The lowest BCUT2D eigenvalue weighted by Gasteiger charge is -2.19. The number of aromatic nitrogens is 1. The van der Waals surface area contributed by atoms with Gasteiger partial charge in [0.15, 0.2) is 0 Å². The molecule has 0 fully saturated rings. The molecule has 1 heterocycles. The highest BCUT2D eigenvalue weighted by Crippen LogP contribution is 2.27. The highest BCUT2D eigenvalue weighted by Gasteiger charge is 2.26. The van der Waals surface area contributed by atoms with Gasteiger partial charge in [0.05, 0.1) is 20.8 Å². The number of halogens is 1. The van der Waals surface area contributed by atoms with Gasteiger partial charge in [0.2, 0.25) is 10.0 Å². The zero-order valence-corrected chi connectivity index (χ0v) is 17.8. The predicted octanol–water partition coefficient (Wildman–Crippen LogP) is 4.34. The second kappa shape index (κ2) is 8.57. The Morgan fingerprint density at radius 1 is 1.18 bits per heavy atom. The van der Waals surface area contributed by atoms with Crippen molar-refractivity contribution in [1.82, 2.24) is 9.29 Å². The number of rotatable bonds is 7. The highest BCUT2D eigenvalue weighted by atomic mass is 35.5. The molecule has 28 heavy (non-hydrogen) atoms. The van der Waals surface area contributed by atoms with Crippen molar-refractivity contribution in [2.24, 2.45) is 0 Å². The zero-order valence-electron chi connectivity index (χ0n) is 15.4. The molecule has 0 aliphatic rings. The van der Waals surface area contributed by atoms with Gasteiger partial charge in [0.1, 0.15) is 16.5 Å². The molecule has 0 aliphatic carbocycles. The van der Waals surface area contributed by atoms with Crippen LogP contribution in [0.4, 0.5) is 0 Å². The lowest BCUT2D eigenvalue weighted by molar-refractivity contribution is 0.0472. The minimum absolute atomic E-state index is 0.0128. The van der Waals surface area contributed by atoms with E-state index in [1.165, 1.54) is 33.8 Å². The largest absolute Gasteiger partial charge is 0.455 e. The van der Waals surface area contributed by atoms with Crippen molar-refractivity contribution in [2.75, 3.05) is 13.1 Å². The second-order valence-corrected chi connectivity index (χ2v) is 9.31. The minimum Gasteiger partial charge on any atom is -0.455 e. The summed E-state index contributed by atoms with van der Waals surface area (Å²) in [7, 11) is -3.79. The number of sulfonamides is 1. The van der Waals surface area contributed by atoms with Crippen LogP contribution in [0, 0.1) is 0 Å². The van der Waals surface area contributed by atoms with Crippen molar-refractivity contribution in [2.45, 2.75) is 25.3 Å². The maximum Gasteiger partial charge on any atom is 0.338 e. The third-order valence-corrected chi connectivity index (χ3v) is 7.70. The standard InChI is InChI=1S/C19H19ClN2O4S2/c1-3-22(4-2)28(24,25)17-11-13(9-10-14(17)20)19(23)26-12-18-21-15-7-5-6-8-16(15)27-18/h5-11H,3-4,12H2,1-2H3. The maximum absolute atomic E-state index is 12.7. The van der Waals surface area contributed by atoms with Gasteiger partial charge >= 0.3 is 5.97 Å². The van der Waals surface area contributed by atoms with Gasteiger partial charge in [-0.2, -0.15) is 4.31 Å². The van der Waals surface area contributed by atoms with Gasteiger partial charge < -0.3 is 4.74 Å². The Morgan fingerprint density at radius 3 is 2.57 bits per heavy atom. The van der Waals surface area contributed by atoms with Gasteiger partial charge in [0.25, 0.3) is 0 Å². The van der Waals surface area contributed by atoms with E-state index in [4.69, 9.17) is 16.3 Å². The molecular weight excluding hydrogens is 420 g/mol. The lowest BCUT2D eigenvalue weighted by Crippen LogP contribution is -2.31. The van der Waals surface area contributed by atoms with Crippen LogP contribution in [-0.2, 0) is 21.4 Å². The molecule has 0 spiro atoms. The number of carbonyl (C=O) groups is 1. The van der Waals surface area contributed by atoms with Crippen molar-refractivity contribution in [1.29, 1.82) is 0 Å². The van der Waals surface area contributed by atoms with E-state index in [0.717, 1.165) is 10.2 Å². The first kappa shape index (κ1) is 20.7. The molecule has 3 rings (SSSR count). The number of ether oxygens (including phenoxy) is 1. The molecule has 6 nitrogen and oxygen atoms in total. The van der Waals surface area contributed by atoms with E-state index < -0.39 is 16.0 Å². The third kappa shape index (κ3) is 4.20. The van der Waals surface area contributed by atoms with Gasteiger partial charge in [0, 0.05) is 13.1 Å². The summed E-state index contributed by atoms with van der Waals surface area (Å²) in [5.74, 6) is -0.632. The smallest absolute Gasteiger partial charge is 0.338 e. The van der Waals surface area contributed by atoms with Crippen LogP contribution >= 0.6 is 22.9 Å². The number of carbonyl (C=O) groups excluding carboxylic acids is 1. The molecule has 0 radical (unpaired) electrons. The van der Waals surface area contributed by atoms with Gasteiger partial charge in [-0.15, -0.1) is 11.3 Å². The number of para-hydroxylation sites is 1. The molecule has 148 valence electrons. The second-order valence-electron chi connectivity index (χ2n) is 5.89. The van der Waals surface area contributed by atoms with E-state index in [1.807, 2.05) is 24.3 Å². The molecule has 0 saturated carbocycles. The molecule has 0 saturated heterocycles. The number of thiazole rings is 1. The average Bonchev–Trinajstić information content (AvgIpc) is 3.10. The molecule has 0 atom stereocenters. The Morgan fingerprint density at radius 2 is 1.89 bits per heavy atom. The molecule has 0 unspecified atom stereocenters. The van der Waals surface area contributed by atoms with Crippen molar-refractivity contribution < 1.29 is 17.9 Å². The molecule has 0 N–H and O–H groups in total. The molecular formula is C19H19ClN2O4S2. The fraction of sp³-hybridized carbons (Fsp3) is 0.263. The van der Waals surface area contributed by atoms with Gasteiger partial charge in [-0.05, 0) is 30.3 Å². The number of fused-ring (bicyclic) bond motifs is 1. The number of esters is 1. The monoisotopic (exact) mass is 438 g/mol. The average molecular weight is 439 g/mol. The van der Waals surface area contributed by atoms with Crippen molar-refractivity contribution in [3.8, 4) is 0 Å². The topological polar surface area (TPSA) is 76.6 Å². The summed E-state index contributed by atoms with van der Waals surface area (Å²) in [6.07, 6.45) is 0. The number of hydrogen-bond acceptors (Lipinski definition) is 6. The number of nitrogens with zero attached hydrogens (tertiary/aromatic N) is 2. The molecule has 0 amide bonds. The van der Waals surface area contributed by atoms with E-state index >= 15 is 0 Å². The third-order valence-electron chi connectivity index (χ3n) is 4.16. The van der Waals surface area contributed by atoms with E-state index in [-0.39, 0.29) is 22.1 Å². The van der Waals surface area contributed by atoms with Crippen molar-refractivity contribution in [3.63, 3.8) is 0 Å². The molecule has 0 bridgehead atoms. The van der Waals surface area contributed by atoms with Crippen molar-refractivity contribution in [3.05, 3.63) is 58.1 Å². The van der Waals surface area contributed by atoms with E-state index in [2.05, 4.69) is 4.98 Å². The van der Waals surface area contributed by atoms with Crippen LogP contribution in [0.1, 0.15) is 29.2 Å². The van der Waals surface area contributed by atoms with Crippen LogP contribution < -0.4 is 0 Å². The SMILES string of the molecule is CCN(CC)S(=O)(=O)c1cc(C(=O)OCc2nc3ccccc3s2)ccc1Cl. The highest BCUT2D eigenvalue weighted by molar-refractivity contribution is 7.89. The fourth-order valence-corrected chi connectivity index (χ4v) is 5.56. The van der Waals surface area contributed by atoms with Crippen LogP contribution in [0.15, 0.2) is 47.4 Å². The van der Waals surface area contributed by atoms with Gasteiger partial charge in [-0.25, -0.2) is 18.2 Å². The Bertz CT molecular complexity index is 1080. The quantitative estimate of drug-likeness (QED) is 0.513. The summed E-state index contributed by atoms with van der Waals surface area (Å²) in [5, 5.41) is 0.731. The van der Waals surface area contributed by atoms with Crippen LogP contribution in [-0.4, -0.2) is 36.8 Å². The van der Waals surface area contributed by atoms with E-state index in [0.29, 0.717) is 18.1 Å². The van der Waals surface area contributed by atoms with E-state index in [1.54, 1.807) is 13.8 Å². The first-order chi connectivity index (χ1) is 13.4. The van der Waals surface area contributed by atoms with E-state index in [9.17, 15) is 13.2 Å². The summed E-state index contributed by atoms with van der Waals surface area (Å²) in [6, 6.07) is 11.8. The molecule has 0 aliphatic heterocycles. The Hall–Kier alpha value is -2.00. The molecule has 3 aromatic rings. The molecule has 1 aromatic heterocycles. The summed E-state index contributed by atoms with van der Waals surface area (Å²) >= 11 is 7.54. The molecule has 2 aromatic carbocycles. The van der Waals surface area contributed by atoms with Crippen LogP contribution in [0.2, 0.25) is 5.02 Å². The Balaban J connectivity index is 1.80. The first-order valence-electron chi connectivity index (χ1n) is 8.68. The predicted molar refractivity (Wildman–Crippen MR) is 110 cm³/mol. The maximum atomic E-state index is 12.7. The Labute approximate surface area is 172 Å². The lowest BCUT2D eigenvalue weighted by atomic mass is 10.2. The number of hydrogen-bond donors (Lipinski definition) is 0. The number of benzene rings is 2. The molecule has 9 heteroatoms. The first-order valence-corrected chi connectivity index (χ1v) is 11.3. The van der Waals surface area contributed by atoms with Gasteiger partial charge in [-0.3, -0.25) is 0 Å². The summed E-state index contributed by atoms with van der Waals surface area (Å²) in [5.41, 5.74) is 0.967. The summed E-state index contributed by atoms with van der Waals surface area (Å²) in [4.78, 5) is 16.7. The summed E-state index contributed by atoms with van der Waals surface area (Å²) in [6.45, 7) is 4.11. The van der Waals surface area contributed by atoms with Crippen LogP contribution in [0.25, 0.3) is 10.2 Å². The minimum atomic E-state index is -3.79. The normalized spacial score (nSPS) is 11.9. The zero-order chi connectivity index (χ0) is 20.3.